The van der Waals surface area contributed by atoms with Gasteiger partial charge in [0.05, 0.1) is 18.5 Å². The van der Waals surface area contributed by atoms with Crippen LogP contribution in [0.2, 0.25) is 0 Å². The van der Waals surface area contributed by atoms with Gasteiger partial charge in [-0.25, -0.2) is 0 Å². The number of rotatable bonds is 12. The molecule has 8 aliphatic rings. The molecule has 0 aromatic rings. The van der Waals surface area contributed by atoms with Gasteiger partial charge in [-0.05, 0) is 220 Å². The van der Waals surface area contributed by atoms with Crippen LogP contribution in [0.5, 0.6) is 0 Å². The second-order valence-corrected chi connectivity index (χ2v) is 27.3. The third-order valence-electron chi connectivity index (χ3n) is 21.8. The van der Waals surface area contributed by atoms with Gasteiger partial charge in [0.15, 0.2) is 0 Å². The van der Waals surface area contributed by atoms with Crippen LogP contribution in [0.1, 0.15) is 199 Å². The molecule has 0 aromatic carbocycles. The lowest BCUT2D eigenvalue weighted by Gasteiger charge is -2.58. The summed E-state index contributed by atoms with van der Waals surface area (Å²) in [6.07, 6.45) is 38.3. The molecule has 0 bridgehead atoms. The Morgan fingerprint density at radius 3 is 1.47 bits per heavy atom. The highest BCUT2D eigenvalue weighted by Crippen LogP contribution is 2.69. The van der Waals surface area contributed by atoms with E-state index in [-0.39, 0.29) is 17.6 Å². The van der Waals surface area contributed by atoms with Gasteiger partial charge in [-0.2, -0.15) is 8.42 Å². The summed E-state index contributed by atoms with van der Waals surface area (Å²) in [5, 5.41) is 10.2. The van der Waals surface area contributed by atoms with Gasteiger partial charge in [0.1, 0.15) is 0 Å². The van der Waals surface area contributed by atoms with Gasteiger partial charge in [0, 0.05) is 0 Å². The summed E-state index contributed by atoms with van der Waals surface area (Å²) in [5.74, 6) is 11.0. The number of hydrogen-bond donors (Lipinski definition) is 1. The first-order valence-corrected chi connectivity index (χ1v) is 29.2. The molecule has 2 unspecified atom stereocenters. The molecule has 18 atom stereocenters. The Bertz CT molecular complexity index is 1840. The highest BCUT2D eigenvalue weighted by Gasteiger charge is 2.61. The molecule has 0 amide bonds. The summed E-state index contributed by atoms with van der Waals surface area (Å²) in [6, 6.07) is 0. The van der Waals surface area contributed by atoms with Crippen LogP contribution in [0.3, 0.4) is 0 Å². The maximum Gasteiger partial charge on any atom is 0.264 e. The predicted octanol–water partition coefficient (Wildman–Crippen LogP) is 15.6. The Morgan fingerprint density at radius 1 is 0.609 bits per heavy atom. The highest BCUT2D eigenvalue weighted by atomic mass is 32.2. The third-order valence-corrected chi connectivity index (χ3v) is 22.5. The van der Waals surface area contributed by atoms with Crippen molar-refractivity contribution in [3.8, 4) is 0 Å². The summed E-state index contributed by atoms with van der Waals surface area (Å²) < 4.78 is 28.8. The molecule has 0 saturated heterocycles. The molecule has 4 nitrogen and oxygen atoms in total. The van der Waals surface area contributed by atoms with Crippen molar-refractivity contribution < 1.29 is 17.7 Å². The smallest absolute Gasteiger partial charge is 0.264 e. The molecular formula is C59H98O4S. The van der Waals surface area contributed by atoms with E-state index in [4.69, 9.17) is 4.18 Å². The van der Waals surface area contributed by atoms with Gasteiger partial charge in [0.25, 0.3) is 10.1 Å². The third kappa shape index (κ3) is 9.70. The van der Waals surface area contributed by atoms with E-state index >= 15 is 0 Å². The van der Waals surface area contributed by atoms with Crippen molar-refractivity contribution in [3.63, 3.8) is 0 Å². The summed E-state index contributed by atoms with van der Waals surface area (Å²) >= 11 is 0. The summed E-state index contributed by atoms with van der Waals surface area (Å²) in [7, 11) is -3.39. The number of hydrogen-bond acceptors (Lipinski definition) is 4. The molecule has 64 heavy (non-hydrogen) atoms. The van der Waals surface area contributed by atoms with Crippen molar-refractivity contribution >= 4 is 10.1 Å². The lowest BCUT2D eigenvalue weighted by Crippen LogP contribution is -2.51. The van der Waals surface area contributed by atoms with Crippen LogP contribution in [-0.2, 0) is 14.3 Å². The molecule has 8 rings (SSSR count). The Balaban J connectivity index is 0.000000193. The number of aliphatic hydroxyl groups is 1. The Labute approximate surface area is 395 Å². The fourth-order valence-corrected chi connectivity index (χ4v) is 18.6. The van der Waals surface area contributed by atoms with Crippen LogP contribution in [0.4, 0.5) is 0 Å². The molecule has 5 heteroatoms. The maximum atomic E-state index is 11.7. The van der Waals surface area contributed by atoms with E-state index in [1.165, 1.54) is 95.3 Å². The van der Waals surface area contributed by atoms with Gasteiger partial charge in [0.2, 0.25) is 0 Å². The standard InChI is InChI=1S/C30H50O3S.C29H48O/c1-8-22(20(2)3)10-9-21(4)26-13-14-27-25-12-11-23-19-24(33-34(7,31)32)15-17-29(23,5)28(25)16-18-30(26,27)6;1-7-21(19(2)3)9-8-20(4)25-12-13-26-24-11-10-22-18-23(30)14-16-28(22,5)27(24)15-17-29(25,26)6/h9-11,20-22,24-28H,8,12-19H2,1-7H3;8-10,19-21,23-27,30H,7,11-18H2,1-6H3/b10-9+;9-8+/t21-,22-,24+,25+,26-,27?,28-,29+,30-;20-,21-,23+,24+,25-,26?,27-,28+,29-/m11/s1. The highest BCUT2D eigenvalue weighted by molar-refractivity contribution is 7.86. The number of fused-ring (bicyclic) bond motifs is 10. The SMILES string of the molecule is CC[C@H](/C=C/[C@@H](C)[C@H]1CCC2[C@@H]3CC=C4C[C@@H](O)CC[C@]4(C)[C@@H]3CC[C@@]21C)C(C)C.CC[C@H](/C=C/[C@@H](C)[C@H]1CCC2[C@@H]3CC=C4C[C@@H](OS(C)(=O)=O)CC[C@]4(C)[C@@H]3CC[C@@]21C)C(C)C. The molecular weight excluding hydrogens is 805 g/mol. The molecule has 364 valence electrons. The fraction of sp³-hybridized carbons (Fsp3) is 0.864. The molecule has 1 N–H and O–H groups in total. The number of aliphatic hydroxyl groups excluding tert-OH is 1. The average Bonchev–Trinajstić information content (AvgIpc) is 3.78. The second kappa shape index (κ2) is 19.7. The van der Waals surface area contributed by atoms with Gasteiger partial charge >= 0.3 is 0 Å². The minimum atomic E-state index is -3.39. The lowest BCUT2D eigenvalue weighted by molar-refractivity contribution is -0.0540. The maximum absolute atomic E-state index is 11.7. The van der Waals surface area contributed by atoms with E-state index in [0.29, 0.717) is 34.0 Å². The Kier molecular flexibility index (Phi) is 15.6. The van der Waals surface area contributed by atoms with E-state index < -0.39 is 10.1 Å². The van der Waals surface area contributed by atoms with Gasteiger partial charge < -0.3 is 5.11 Å². The van der Waals surface area contributed by atoms with Crippen molar-refractivity contribution in [3.05, 3.63) is 47.6 Å². The van der Waals surface area contributed by atoms with Crippen LogP contribution in [-0.4, -0.2) is 32.0 Å². The Hall–Kier alpha value is -1.17. The van der Waals surface area contributed by atoms with Crippen LogP contribution in [0, 0.1) is 105 Å². The largest absolute Gasteiger partial charge is 0.393 e. The normalized spacial score (nSPS) is 43.8. The van der Waals surface area contributed by atoms with Crippen molar-refractivity contribution in [2.45, 2.75) is 211 Å². The van der Waals surface area contributed by atoms with E-state index in [9.17, 15) is 13.5 Å². The summed E-state index contributed by atoms with van der Waals surface area (Å²) in [4.78, 5) is 0. The first-order chi connectivity index (χ1) is 30.1. The zero-order valence-electron chi connectivity index (χ0n) is 43.5. The first kappa shape index (κ1) is 50.7. The van der Waals surface area contributed by atoms with Crippen LogP contribution in [0.15, 0.2) is 47.6 Å². The Morgan fingerprint density at radius 2 is 1.05 bits per heavy atom. The monoisotopic (exact) mass is 903 g/mol. The predicted molar refractivity (Wildman–Crippen MR) is 270 cm³/mol. The molecule has 0 heterocycles. The van der Waals surface area contributed by atoms with Crippen LogP contribution >= 0.6 is 0 Å². The lowest BCUT2D eigenvalue weighted by atomic mass is 9.47. The minimum absolute atomic E-state index is 0.0870. The average molecular weight is 903 g/mol. The molecule has 6 saturated carbocycles. The van der Waals surface area contributed by atoms with Crippen molar-refractivity contribution in [2.75, 3.05) is 6.26 Å². The zero-order valence-corrected chi connectivity index (χ0v) is 44.3. The zero-order chi connectivity index (χ0) is 46.6. The summed E-state index contributed by atoms with van der Waals surface area (Å²) in [5.41, 5.74) is 4.69. The first-order valence-electron chi connectivity index (χ1n) is 27.4. The van der Waals surface area contributed by atoms with Gasteiger partial charge in [-0.3, -0.25) is 4.18 Å². The minimum Gasteiger partial charge on any atom is -0.393 e. The van der Waals surface area contributed by atoms with Gasteiger partial charge in [-0.15, -0.1) is 0 Å². The second-order valence-electron chi connectivity index (χ2n) is 25.7. The van der Waals surface area contributed by atoms with Crippen molar-refractivity contribution in [1.29, 1.82) is 0 Å². The topological polar surface area (TPSA) is 63.6 Å². The van der Waals surface area contributed by atoms with Gasteiger partial charge in [-0.1, -0.05) is 131 Å². The van der Waals surface area contributed by atoms with E-state index in [2.05, 4.69) is 120 Å². The molecule has 0 spiro atoms. The molecule has 6 fully saturated rings. The molecule has 8 aliphatic carbocycles. The van der Waals surface area contributed by atoms with E-state index in [0.717, 1.165) is 97.2 Å². The van der Waals surface area contributed by atoms with Crippen molar-refractivity contribution in [2.24, 2.45) is 105 Å². The van der Waals surface area contributed by atoms with E-state index in [1.54, 1.807) is 5.57 Å². The van der Waals surface area contributed by atoms with Crippen LogP contribution in [0.25, 0.3) is 0 Å². The molecule has 0 radical (unpaired) electrons. The molecule has 0 aliphatic heterocycles. The fourth-order valence-electron chi connectivity index (χ4n) is 18.0. The number of allylic oxidation sites excluding steroid dienone is 6. The van der Waals surface area contributed by atoms with Crippen molar-refractivity contribution in [1.82, 2.24) is 0 Å². The summed E-state index contributed by atoms with van der Waals surface area (Å²) in [6.45, 7) is 29.4. The van der Waals surface area contributed by atoms with Crippen LogP contribution < -0.4 is 0 Å². The molecule has 0 aromatic heterocycles. The van der Waals surface area contributed by atoms with E-state index in [1.807, 2.05) is 0 Å². The quantitative estimate of drug-likeness (QED) is 0.157.